The summed E-state index contributed by atoms with van der Waals surface area (Å²) in [5, 5.41) is 21.7. The average Bonchev–Trinajstić information content (AvgIpc) is 2.70. The molecule has 0 radical (unpaired) electrons. The summed E-state index contributed by atoms with van der Waals surface area (Å²) in [7, 11) is 3.03. The number of aryl methyl sites for hydroxylation is 1. The Morgan fingerprint density at radius 2 is 1.52 bits per heavy atom. The maximum atomic E-state index is 13.6. The van der Waals surface area contributed by atoms with Crippen molar-refractivity contribution in [3.63, 3.8) is 0 Å². The summed E-state index contributed by atoms with van der Waals surface area (Å²) < 4.78 is 17.0. The van der Waals surface area contributed by atoms with Crippen molar-refractivity contribution in [1.82, 2.24) is 0 Å². The zero-order valence-corrected chi connectivity index (χ0v) is 18.4. The molecule has 0 atom stereocenters. The second kappa shape index (κ2) is 8.76. The molecule has 0 saturated carbocycles. The van der Waals surface area contributed by atoms with Crippen molar-refractivity contribution in [3.05, 3.63) is 57.8 Å². The Hall–Kier alpha value is -3.41. The Balaban J connectivity index is 2.41. The Morgan fingerprint density at radius 3 is 2.06 bits per heavy atom. The monoisotopic (exact) mass is 424 g/mol. The molecule has 0 unspecified atom stereocenters. The minimum atomic E-state index is -0.386. The van der Waals surface area contributed by atoms with E-state index in [1.165, 1.54) is 20.3 Å². The van der Waals surface area contributed by atoms with Gasteiger partial charge in [0.15, 0.2) is 11.5 Å². The molecule has 0 saturated heterocycles. The molecule has 6 nitrogen and oxygen atoms in total. The Labute approximate surface area is 181 Å². The molecule has 1 aromatic heterocycles. The zero-order chi connectivity index (χ0) is 22.9. The number of phenols is 2. The number of benzene rings is 2. The fourth-order valence-corrected chi connectivity index (χ4v) is 3.75. The van der Waals surface area contributed by atoms with Crippen molar-refractivity contribution >= 4 is 21.9 Å². The zero-order valence-electron chi connectivity index (χ0n) is 18.4. The van der Waals surface area contributed by atoms with Crippen molar-refractivity contribution in [2.75, 3.05) is 14.2 Å². The van der Waals surface area contributed by atoms with E-state index in [0.717, 1.165) is 11.1 Å². The Bertz CT molecular complexity index is 1250. The lowest BCUT2D eigenvalue weighted by molar-refractivity contribution is 0.352. The van der Waals surface area contributed by atoms with Gasteiger partial charge in [0.25, 0.3) is 0 Å². The molecule has 0 fully saturated rings. The molecule has 2 aromatic carbocycles. The predicted octanol–water partition coefficient (Wildman–Crippen LogP) is 5.39. The topological polar surface area (TPSA) is 89.1 Å². The second-order valence-electron chi connectivity index (χ2n) is 7.91. The van der Waals surface area contributed by atoms with Gasteiger partial charge in [0.2, 0.25) is 5.43 Å². The van der Waals surface area contributed by atoms with Crippen molar-refractivity contribution in [1.29, 1.82) is 0 Å². The molecule has 0 spiro atoms. The molecule has 2 N–H and O–H groups in total. The molecule has 1 heterocycles. The number of rotatable bonds is 8. The lowest BCUT2D eigenvalue weighted by Crippen LogP contribution is -2.09. The van der Waals surface area contributed by atoms with E-state index in [4.69, 9.17) is 13.9 Å². The van der Waals surface area contributed by atoms with Gasteiger partial charge in [-0.15, -0.1) is 13.2 Å². The third-order valence-corrected chi connectivity index (χ3v) is 5.36. The van der Waals surface area contributed by atoms with Crippen LogP contribution in [0, 0.1) is 0 Å². The first kappa shape index (κ1) is 22.3. The van der Waals surface area contributed by atoms with E-state index in [2.05, 4.69) is 13.2 Å². The number of ether oxygens (including phenoxy) is 2. The van der Waals surface area contributed by atoms with Crippen LogP contribution in [0.25, 0.3) is 21.9 Å². The van der Waals surface area contributed by atoms with Crippen molar-refractivity contribution in [2.24, 2.45) is 0 Å². The molecular weight excluding hydrogens is 396 g/mol. The number of phenolic OH excluding ortho intramolecular Hbond substituents is 2. The van der Waals surface area contributed by atoms with Crippen LogP contribution in [0.15, 0.2) is 45.6 Å². The first-order valence-electron chi connectivity index (χ1n) is 10.1. The van der Waals surface area contributed by atoms with Crippen molar-refractivity contribution in [3.8, 4) is 23.0 Å². The molecule has 0 bridgehead atoms. The largest absolute Gasteiger partial charge is 0.507 e. The van der Waals surface area contributed by atoms with Crippen LogP contribution in [0.1, 0.15) is 37.8 Å². The van der Waals surface area contributed by atoms with Gasteiger partial charge >= 0.3 is 0 Å². The Morgan fingerprint density at radius 1 is 0.935 bits per heavy atom. The van der Waals surface area contributed by atoms with Gasteiger partial charge in [-0.1, -0.05) is 11.1 Å². The summed E-state index contributed by atoms with van der Waals surface area (Å²) >= 11 is 0. The van der Waals surface area contributed by atoms with Crippen LogP contribution in [0.4, 0.5) is 0 Å². The van der Waals surface area contributed by atoms with E-state index in [9.17, 15) is 15.0 Å². The number of fused-ring (bicyclic) bond motifs is 2. The smallest absolute Gasteiger partial charge is 0.204 e. The molecule has 0 aliphatic rings. The van der Waals surface area contributed by atoms with E-state index in [1.54, 1.807) is 6.07 Å². The summed E-state index contributed by atoms with van der Waals surface area (Å²) in [6.45, 7) is 11.6. The fourth-order valence-electron chi connectivity index (χ4n) is 3.75. The quantitative estimate of drug-likeness (QED) is 0.372. The van der Waals surface area contributed by atoms with E-state index < -0.39 is 0 Å². The van der Waals surface area contributed by atoms with Gasteiger partial charge in [0.05, 0.1) is 19.6 Å². The summed E-state index contributed by atoms with van der Waals surface area (Å²) in [6.07, 6.45) is 2.06. The second-order valence-corrected chi connectivity index (χ2v) is 7.91. The molecule has 0 amide bonds. The third-order valence-electron chi connectivity index (χ3n) is 5.36. The highest BCUT2D eigenvalue weighted by Gasteiger charge is 2.23. The van der Waals surface area contributed by atoms with E-state index in [1.807, 2.05) is 13.8 Å². The number of hydrogen-bond acceptors (Lipinski definition) is 6. The molecule has 3 aromatic rings. The van der Waals surface area contributed by atoms with Crippen LogP contribution < -0.4 is 14.9 Å². The van der Waals surface area contributed by atoms with Crippen LogP contribution in [-0.4, -0.2) is 24.4 Å². The predicted molar refractivity (Wildman–Crippen MR) is 123 cm³/mol. The third kappa shape index (κ3) is 4.10. The van der Waals surface area contributed by atoms with E-state index >= 15 is 0 Å². The van der Waals surface area contributed by atoms with Gasteiger partial charge in [-0.3, -0.25) is 4.79 Å². The number of allylic oxidation sites excluding steroid dienone is 2. The highest BCUT2D eigenvalue weighted by Crippen LogP contribution is 2.41. The first-order chi connectivity index (χ1) is 14.7. The standard InChI is InChI=1S/C25H28O6/c1-13(2)7-9-15-17(26)11-18-22(23(15)27)24(28)21-16(10-8-14(3)4)25(30-6)20(29-5)12-19(21)31-18/h11-12,26-27H,1,3,7-10H2,2,4-6H3. The molecular formula is C25H28O6. The highest BCUT2D eigenvalue weighted by atomic mass is 16.5. The molecule has 6 heteroatoms. The number of aromatic hydroxyl groups is 2. The summed E-state index contributed by atoms with van der Waals surface area (Å²) in [6, 6.07) is 2.95. The maximum Gasteiger partial charge on any atom is 0.204 e. The van der Waals surface area contributed by atoms with Crippen LogP contribution in [0.3, 0.4) is 0 Å². The summed E-state index contributed by atoms with van der Waals surface area (Å²) in [5.74, 6) is 0.480. The van der Waals surface area contributed by atoms with Gasteiger partial charge in [-0.2, -0.15) is 0 Å². The van der Waals surface area contributed by atoms with E-state index in [0.29, 0.717) is 59.3 Å². The number of methoxy groups -OCH3 is 2. The summed E-state index contributed by atoms with van der Waals surface area (Å²) in [4.78, 5) is 13.6. The van der Waals surface area contributed by atoms with Gasteiger partial charge in [-0.25, -0.2) is 0 Å². The highest BCUT2D eigenvalue weighted by molar-refractivity contribution is 5.97. The molecule has 0 aliphatic heterocycles. The van der Waals surface area contributed by atoms with Crippen molar-refractivity contribution in [2.45, 2.75) is 39.5 Å². The lowest BCUT2D eigenvalue weighted by Gasteiger charge is -2.16. The number of hydrogen-bond donors (Lipinski definition) is 2. The fraction of sp³-hybridized carbons (Fsp3) is 0.320. The van der Waals surface area contributed by atoms with Crippen LogP contribution in [-0.2, 0) is 12.8 Å². The summed E-state index contributed by atoms with van der Waals surface area (Å²) in [5.41, 5.74) is 2.80. The van der Waals surface area contributed by atoms with Gasteiger partial charge < -0.3 is 24.1 Å². The SMILES string of the molecule is C=C(C)CCc1c(O)cc2oc3cc(OC)c(OC)c(CCC(=C)C)c3c(=O)c2c1O. The van der Waals surface area contributed by atoms with Crippen molar-refractivity contribution < 1.29 is 24.1 Å². The molecule has 164 valence electrons. The Kier molecular flexibility index (Phi) is 6.29. The van der Waals surface area contributed by atoms with Gasteiger partial charge in [-0.05, 0) is 39.5 Å². The molecule has 3 rings (SSSR count). The van der Waals surface area contributed by atoms with Crippen LogP contribution in [0.2, 0.25) is 0 Å². The molecule has 0 aliphatic carbocycles. The normalized spacial score (nSPS) is 11.1. The molecule has 31 heavy (non-hydrogen) atoms. The maximum absolute atomic E-state index is 13.6. The minimum Gasteiger partial charge on any atom is -0.507 e. The first-order valence-corrected chi connectivity index (χ1v) is 10.1. The van der Waals surface area contributed by atoms with Crippen LogP contribution >= 0.6 is 0 Å². The van der Waals surface area contributed by atoms with Gasteiger partial charge in [0.1, 0.15) is 28.1 Å². The van der Waals surface area contributed by atoms with Gasteiger partial charge in [0, 0.05) is 23.3 Å². The average molecular weight is 424 g/mol. The van der Waals surface area contributed by atoms with Crippen LogP contribution in [0.5, 0.6) is 23.0 Å². The lowest BCUT2D eigenvalue weighted by atomic mass is 9.97. The minimum absolute atomic E-state index is 0.0332. The van der Waals surface area contributed by atoms with E-state index in [-0.39, 0.29) is 27.9 Å².